The van der Waals surface area contributed by atoms with Crippen molar-refractivity contribution in [3.8, 4) is 11.5 Å². The lowest BCUT2D eigenvalue weighted by Crippen LogP contribution is -2.36. The molecule has 31 heavy (non-hydrogen) atoms. The van der Waals surface area contributed by atoms with Crippen molar-refractivity contribution in [2.24, 2.45) is 5.73 Å². The van der Waals surface area contributed by atoms with Gasteiger partial charge in [-0.3, -0.25) is 5.10 Å². The van der Waals surface area contributed by atoms with Crippen molar-refractivity contribution in [2.45, 2.75) is 43.6 Å². The molecule has 0 radical (unpaired) electrons. The first kappa shape index (κ1) is 22.0. The number of fused-ring (bicyclic) bond motifs is 1. The summed E-state index contributed by atoms with van der Waals surface area (Å²) < 4.78 is 21.8. The van der Waals surface area contributed by atoms with Crippen LogP contribution in [0.15, 0.2) is 6.07 Å². The highest BCUT2D eigenvalue weighted by molar-refractivity contribution is 6.38. The molecule has 1 aromatic carbocycles. The lowest BCUT2D eigenvalue weighted by Gasteiger charge is -2.31. The van der Waals surface area contributed by atoms with E-state index in [1.54, 1.807) is 20.3 Å². The molecule has 0 spiro atoms. The van der Waals surface area contributed by atoms with E-state index >= 15 is 0 Å². The van der Waals surface area contributed by atoms with Crippen molar-refractivity contribution in [3.63, 3.8) is 0 Å². The van der Waals surface area contributed by atoms with Gasteiger partial charge in [0.1, 0.15) is 17.6 Å². The van der Waals surface area contributed by atoms with Crippen LogP contribution in [0.4, 0.5) is 4.79 Å². The molecule has 2 heterocycles. The average Bonchev–Trinajstić information content (AvgIpc) is 3.17. The van der Waals surface area contributed by atoms with Gasteiger partial charge >= 0.3 is 6.09 Å². The molecule has 2 aromatic rings. The van der Waals surface area contributed by atoms with Gasteiger partial charge in [-0.05, 0) is 30.7 Å². The van der Waals surface area contributed by atoms with Crippen LogP contribution in [-0.4, -0.2) is 49.8 Å². The molecule has 2 aliphatic rings. The van der Waals surface area contributed by atoms with E-state index in [0.29, 0.717) is 47.6 Å². The number of hydrogen-bond acceptors (Lipinski definition) is 6. The molecular formula is C21H25Cl2N3O5. The summed E-state index contributed by atoms with van der Waals surface area (Å²) in [7, 11) is 3.13. The molecule has 0 saturated carbocycles. The summed E-state index contributed by atoms with van der Waals surface area (Å²) in [6.07, 6.45) is 1.75. The van der Waals surface area contributed by atoms with Gasteiger partial charge in [-0.25, -0.2) is 4.79 Å². The number of aromatic nitrogens is 2. The zero-order valence-corrected chi connectivity index (χ0v) is 18.9. The lowest BCUT2D eigenvalue weighted by atomic mass is 9.80. The van der Waals surface area contributed by atoms with Gasteiger partial charge in [-0.15, -0.1) is 0 Å². The first-order chi connectivity index (χ1) is 14.9. The molecule has 168 valence electrons. The molecule has 1 amide bonds. The van der Waals surface area contributed by atoms with E-state index in [9.17, 15) is 4.79 Å². The number of carbonyl (C=O) groups is 1. The number of benzene rings is 1. The van der Waals surface area contributed by atoms with Gasteiger partial charge in [0, 0.05) is 23.7 Å². The van der Waals surface area contributed by atoms with Crippen LogP contribution >= 0.6 is 23.2 Å². The molecular weight excluding hydrogens is 445 g/mol. The second-order valence-electron chi connectivity index (χ2n) is 7.77. The lowest BCUT2D eigenvalue weighted by molar-refractivity contribution is -0.0149. The van der Waals surface area contributed by atoms with Gasteiger partial charge < -0.3 is 24.7 Å². The molecule has 1 aliphatic carbocycles. The Morgan fingerprint density at radius 3 is 2.58 bits per heavy atom. The van der Waals surface area contributed by atoms with Crippen LogP contribution in [0.2, 0.25) is 10.0 Å². The van der Waals surface area contributed by atoms with Crippen molar-refractivity contribution in [1.29, 1.82) is 0 Å². The summed E-state index contributed by atoms with van der Waals surface area (Å²) in [4.78, 5) is 11.3. The Morgan fingerprint density at radius 1 is 1.23 bits per heavy atom. The van der Waals surface area contributed by atoms with Crippen LogP contribution in [0.3, 0.4) is 0 Å². The Bertz CT molecular complexity index is 952. The highest BCUT2D eigenvalue weighted by Crippen LogP contribution is 2.47. The van der Waals surface area contributed by atoms with Crippen molar-refractivity contribution >= 4 is 29.3 Å². The van der Waals surface area contributed by atoms with E-state index in [-0.39, 0.29) is 17.9 Å². The van der Waals surface area contributed by atoms with Gasteiger partial charge in [-0.2, -0.15) is 5.10 Å². The maximum Gasteiger partial charge on any atom is 0.404 e. The summed E-state index contributed by atoms with van der Waals surface area (Å²) in [5, 5.41) is 8.73. The van der Waals surface area contributed by atoms with Crippen molar-refractivity contribution < 1.29 is 23.7 Å². The standard InChI is InChI=1S/C21H25Cl2N3O5/c1-28-15-8-16(29-2)19(23)17(18(15)22)10-3-4-11-13(7-10)25-26-20(11)12-9-30-6-5-14(12)31-21(24)27/h8,10,12,14H,3-7,9H2,1-2H3,(H2,24,27)(H,25,26). The Balaban J connectivity index is 1.63. The molecule has 8 nitrogen and oxygen atoms in total. The highest BCUT2D eigenvalue weighted by Gasteiger charge is 2.36. The van der Waals surface area contributed by atoms with Gasteiger partial charge in [0.25, 0.3) is 0 Å². The average molecular weight is 470 g/mol. The molecule has 1 aliphatic heterocycles. The van der Waals surface area contributed by atoms with Crippen molar-refractivity contribution in [3.05, 3.63) is 38.6 Å². The number of nitrogens with two attached hydrogens (primary N) is 1. The third-order valence-corrected chi connectivity index (χ3v) is 6.89. The summed E-state index contributed by atoms with van der Waals surface area (Å²) in [5.41, 5.74) is 9.10. The summed E-state index contributed by atoms with van der Waals surface area (Å²) >= 11 is 13.3. The van der Waals surface area contributed by atoms with Crippen LogP contribution in [0.1, 0.15) is 47.2 Å². The molecule has 4 rings (SSSR count). The first-order valence-corrected chi connectivity index (χ1v) is 10.9. The second kappa shape index (κ2) is 9.14. The summed E-state index contributed by atoms with van der Waals surface area (Å²) in [6.45, 7) is 0.960. The Kier molecular flexibility index (Phi) is 6.50. The van der Waals surface area contributed by atoms with Crippen LogP contribution in [0.5, 0.6) is 11.5 Å². The maximum atomic E-state index is 11.3. The highest BCUT2D eigenvalue weighted by atomic mass is 35.5. The molecule has 3 unspecified atom stereocenters. The zero-order valence-electron chi connectivity index (χ0n) is 17.4. The number of halogens is 2. The number of nitrogens with one attached hydrogen (secondary N) is 1. The van der Waals surface area contributed by atoms with E-state index < -0.39 is 6.09 Å². The number of hydrogen-bond donors (Lipinski definition) is 2. The normalized spacial score (nSPS) is 23.2. The van der Waals surface area contributed by atoms with E-state index in [2.05, 4.69) is 10.2 Å². The number of methoxy groups -OCH3 is 2. The Labute approximate surface area is 190 Å². The zero-order chi connectivity index (χ0) is 22.1. The third kappa shape index (κ3) is 4.16. The Hall–Kier alpha value is -2.16. The number of rotatable bonds is 5. The van der Waals surface area contributed by atoms with Crippen LogP contribution in [-0.2, 0) is 22.3 Å². The van der Waals surface area contributed by atoms with Gasteiger partial charge in [-0.1, -0.05) is 23.2 Å². The number of primary amides is 1. The van der Waals surface area contributed by atoms with Gasteiger partial charge in [0.2, 0.25) is 0 Å². The first-order valence-electron chi connectivity index (χ1n) is 10.1. The quantitative estimate of drug-likeness (QED) is 0.685. The fourth-order valence-corrected chi connectivity index (χ4v) is 5.42. The van der Waals surface area contributed by atoms with Crippen molar-refractivity contribution in [1.82, 2.24) is 10.2 Å². The maximum absolute atomic E-state index is 11.3. The van der Waals surface area contributed by atoms with E-state index in [0.717, 1.165) is 35.4 Å². The van der Waals surface area contributed by atoms with E-state index in [1.165, 1.54) is 0 Å². The fraction of sp³-hybridized carbons (Fsp3) is 0.524. The van der Waals surface area contributed by atoms with Crippen LogP contribution in [0.25, 0.3) is 0 Å². The second-order valence-corrected chi connectivity index (χ2v) is 8.53. The monoisotopic (exact) mass is 469 g/mol. The van der Waals surface area contributed by atoms with E-state index in [4.69, 9.17) is 47.9 Å². The summed E-state index contributed by atoms with van der Waals surface area (Å²) in [5.74, 6) is 0.978. The number of nitrogens with zero attached hydrogens (tertiary/aromatic N) is 1. The molecule has 0 bridgehead atoms. The summed E-state index contributed by atoms with van der Waals surface area (Å²) in [6, 6.07) is 1.69. The molecule has 1 saturated heterocycles. The molecule has 10 heteroatoms. The number of ether oxygens (including phenoxy) is 4. The Morgan fingerprint density at radius 2 is 1.94 bits per heavy atom. The molecule has 3 atom stereocenters. The SMILES string of the molecule is COc1cc(OC)c(Cl)c(C2CCc3c(C4COCCC4OC(N)=O)n[nH]c3C2)c1Cl. The minimum absolute atomic E-state index is 0.0741. The molecule has 3 N–H and O–H groups in total. The predicted molar refractivity (Wildman–Crippen MR) is 116 cm³/mol. The smallest absolute Gasteiger partial charge is 0.404 e. The molecule has 1 fully saturated rings. The number of H-pyrrole nitrogens is 1. The van der Waals surface area contributed by atoms with E-state index in [1.807, 2.05) is 0 Å². The fourth-order valence-electron chi connectivity index (χ4n) is 4.61. The number of aromatic amines is 1. The van der Waals surface area contributed by atoms with Crippen LogP contribution in [0, 0.1) is 0 Å². The largest absolute Gasteiger partial charge is 0.495 e. The van der Waals surface area contributed by atoms with Crippen molar-refractivity contribution in [2.75, 3.05) is 27.4 Å². The van der Waals surface area contributed by atoms with Crippen LogP contribution < -0.4 is 15.2 Å². The minimum Gasteiger partial charge on any atom is -0.495 e. The minimum atomic E-state index is -0.780. The molecule has 1 aromatic heterocycles. The topological polar surface area (TPSA) is 109 Å². The number of carbonyl (C=O) groups excluding carboxylic acids is 1. The van der Waals surface area contributed by atoms with Gasteiger partial charge in [0.15, 0.2) is 0 Å². The predicted octanol–water partition coefficient (Wildman–Crippen LogP) is 3.97. The third-order valence-electron chi connectivity index (χ3n) is 6.11. The number of amides is 1. The van der Waals surface area contributed by atoms with Gasteiger partial charge in [0.05, 0.1) is 49.1 Å².